The number of anilines is 2. The van der Waals surface area contributed by atoms with E-state index in [4.69, 9.17) is 10.6 Å². The summed E-state index contributed by atoms with van der Waals surface area (Å²) in [6.45, 7) is 7.54. The van der Waals surface area contributed by atoms with Crippen LogP contribution in [0.4, 0.5) is 11.8 Å². The van der Waals surface area contributed by atoms with Gasteiger partial charge >= 0.3 is 0 Å². The smallest absolute Gasteiger partial charge is 0.241 e. The quantitative estimate of drug-likeness (QED) is 0.443. The van der Waals surface area contributed by atoms with Gasteiger partial charge in [-0.3, -0.25) is 10.5 Å². The van der Waals surface area contributed by atoms with E-state index in [1.165, 1.54) is 0 Å². The lowest BCUT2D eigenvalue weighted by Gasteiger charge is -2.23. The van der Waals surface area contributed by atoms with Gasteiger partial charge in [0.15, 0.2) is 5.65 Å². The first-order valence-corrected chi connectivity index (χ1v) is 6.67. The van der Waals surface area contributed by atoms with Crippen molar-refractivity contribution in [1.82, 2.24) is 20.2 Å². The number of hydrogen-bond acceptors (Lipinski definition) is 7. The second kappa shape index (κ2) is 6.49. The molecule has 8 heteroatoms. The van der Waals surface area contributed by atoms with Gasteiger partial charge in [0.05, 0.1) is 24.2 Å². The van der Waals surface area contributed by atoms with Crippen LogP contribution in [0, 0.1) is 5.92 Å². The first kappa shape index (κ1) is 14.5. The Bertz CT molecular complexity index is 554. The summed E-state index contributed by atoms with van der Waals surface area (Å²) in [5, 5.41) is 11.0. The number of rotatable bonds is 7. The lowest BCUT2D eigenvalue weighted by Crippen LogP contribution is -2.31. The number of aromatic amines is 1. The van der Waals surface area contributed by atoms with E-state index >= 15 is 0 Å². The summed E-state index contributed by atoms with van der Waals surface area (Å²) in [6.07, 6.45) is 1.69. The molecular weight excluding hydrogens is 258 g/mol. The number of aromatic nitrogens is 4. The molecule has 110 valence electrons. The Hall–Kier alpha value is -1.93. The number of nitrogens with two attached hydrogens (primary N) is 1. The summed E-state index contributed by atoms with van der Waals surface area (Å²) < 4.78 is 5.51. The van der Waals surface area contributed by atoms with Gasteiger partial charge in [-0.2, -0.15) is 15.1 Å². The van der Waals surface area contributed by atoms with Gasteiger partial charge in [0.25, 0.3) is 0 Å². The number of nitrogens with zero attached hydrogens (tertiary/aromatic N) is 3. The Morgan fingerprint density at radius 3 is 2.85 bits per heavy atom. The van der Waals surface area contributed by atoms with Crippen molar-refractivity contribution in [2.45, 2.75) is 26.8 Å². The van der Waals surface area contributed by atoms with Crippen molar-refractivity contribution in [3.63, 3.8) is 0 Å². The van der Waals surface area contributed by atoms with Crippen LogP contribution in [0.25, 0.3) is 11.0 Å². The highest BCUT2D eigenvalue weighted by Gasteiger charge is 2.17. The maximum atomic E-state index is 5.51. The molecule has 0 aliphatic carbocycles. The molecule has 1 unspecified atom stereocenters. The van der Waals surface area contributed by atoms with Crippen LogP contribution in [0.2, 0.25) is 0 Å². The van der Waals surface area contributed by atoms with Gasteiger partial charge in [-0.25, -0.2) is 5.84 Å². The highest BCUT2D eigenvalue weighted by Crippen LogP contribution is 2.21. The first-order chi connectivity index (χ1) is 9.65. The number of fused-ring (bicyclic) bond motifs is 1. The van der Waals surface area contributed by atoms with Crippen molar-refractivity contribution in [1.29, 1.82) is 0 Å². The summed E-state index contributed by atoms with van der Waals surface area (Å²) in [4.78, 5) is 8.54. The molecule has 20 heavy (non-hydrogen) atoms. The zero-order valence-corrected chi connectivity index (χ0v) is 12.0. The van der Waals surface area contributed by atoms with Crippen molar-refractivity contribution >= 4 is 22.8 Å². The van der Waals surface area contributed by atoms with Crippen LogP contribution in [-0.2, 0) is 4.74 Å². The minimum Gasteiger partial charge on any atom is -0.380 e. The van der Waals surface area contributed by atoms with E-state index in [1.54, 1.807) is 6.20 Å². The maximum Gasteiger partial charge on any atom is 0.241 e. The van der Waals surface area contributed by atoms with Crippen LogP contribution < -0.4 is 16.6 Å². The van der Waals surface area contributed by atoms with Crippen molar-refractivity contribution in [2.24, 2.45) is 11.8 Å². The Labute approximate surface area is 117 Å². The van der Waals surface area contributed by atoms with Crippen LogP contribution in [0.1, 0.15) is 20.8 Å². The molecule has 0 bridgehead atoms. The molecule has 2 aromatic heterocycles. The molecule has 0 amide bonds. The van der Waals surface area contributed by atoms with Crippen LogP contribution in [-0.4, -0.2) is 39.4 Å². The molecule has 5 N–H and O–H groups in total. The lowest BCUT2D eigenvalue weighted by molar-refractivity contribution is 0.126. The molecule has 0 radical (unpaired) electrons. The minimum atomic E-state index is 0.147. The van der Waals surface area contributed by atoms with Crippen molar-refractivity contribution in [3.8, 4) is 0 Å². The van der Waals surface area contributed by atoms with Gasteiger partial charge in [0, 0.05) is 6.61 Å². The largest absolute Gasteiger partial charge is 0.380 e. The van der Waals surface area contributed by atoms with E-state index in [9.17, 15) is 0 Å². The number of ether oxygens (including phenoxy) is 1. The third kappa shape index (κ3) is 3.14. The molecular formula is C12H21N7O. The zero-order chi connectivity index (χ0) is 14.5. The standard InChI is InChI=1S/C12H21N7O/c1-4-20-6-9(7(2)3)15-10-8-5-14-19-11(8)17-12(16-10)18-13/h5,7,9H,4,6,13H2,1-3H3,(H3,14,15,16,17,18,19). The molecule has 0 saturated heterocycles. The van der Waals surface area contributed by atoms with E-state index in [0.29, 0.717) is 36.5 Å². The van der Waals surface area contributed by atoms with Crippen LogP contribution in [0.5, 0.6) is 0 Å². The van der Waals surface area contributed by atoms with Gasteiger partial charge in [0.1, 0.15) is 5.82 Å². The SMILES string of the molecule is CCOCC(Nc1nc(NN)nc2[nH]ncc12)C(C)C. The van der Waals surface area contributed by atoms with Gasteiger partial charge < -0.3 is 10.1 Å². The van der Waals surface area contributed by atoms with Gasteiger partial charge in [-0.15, -0.1) is 0 Å². The van der Waals surface area contributed by atoms with Crippen LogP contribution >= 0.6 is 0 Å². The molecule has 0 spiro atoms. The number of H-pyrrole nitrogens is 1. The summed E-state index contributed by atoms with van der Waals surface area (Å²) >= 11 is 0. The lowest BCUT2D eigenvalue weighted by atomic mass is 10.1. The summed E-state index contributed by atoms with van der Waals surface area (Å²) in [5.74, 6) is 6.81. The fourth-order valence-electron chi connectivity index (χ4n) is 1.83. The third-order valence-electron chi connectivity index (χ3n) is 3.07. The van der Waals surface area contributed by atoms with E-state index in [1.807, 2.05) is 6.92 Å². The summed E-state index contributed by atoms with van der Waals surface area (Å²) in [7, 11) is 0. The predicted octanol–water partition coefficient (Wildman–Crippen LogP) is 1.11. The fourth-order valence-corrected chi connectivity index (χ4v) is 1.83. The molecule has 2 rings (SSSR count). The van der Waals surface area contributed by atoms with E-state index < -0.39 is 0 Å². The molecule has 2 aromatic rings. The van der Waals surface area contributed by atoms with Crippen molar-refractivity contribution in [3.05, 3.63) is 6.20 Å². The van der Waals surface area contributed by atoms with Crippen molar-refractivity contribution < 1.29 is 4.74 Å². The first-order valence-electron chi connectivity index (χ1n) is 6.67. The number of nitrogen functional groups attached to an aromatic ring is 1. The molecule has 0 aromatic carbocycles. The highest BCUT2D eigenvalue weighted by atomic mass is 16.5. The number of hydrazine groups is 1. The van der Waals surface area contributed by atoms with E-state index in [-0.39, 0.29) is 6.04 Å². The molecule has 0 fully saturated rings. The Balaban J connectivity index is 2.28. The molecule has 2 heterocycles. The average molecular weight is 279 g/mol. The Morgan fingerprint density at radius 1 is 1.40 bits per heavy atom. The van der Waals surface area contributed by atoms with E-state index in [0.717, 1.165) is 5.39 Å². The molecule has 1 atom stereocenters. The summed E-state index contributed by atoms with van der Waals surface area (Å²) in [5.41, 5.74) is 3.09. The third-order valence-corrected chi connectivity index (χ3v) is 3.07. The second-order valence-corrected chi connectivity index (χ2v) is 4.83. The van der Waals surface area contributed by atoms with Gasteiger partial charge in [-0.05, 0) is 12.8 Å². The fraction of sp³-hybridized carbons (Fsp3) is 0.583. The Morgan fingerprint density at radius 2 is 2.20 bits per heavy atom. The van der Waals surface area contributed by atoms with Crippen molar-refractivity contribution in [2.75, 3.05) is 24.0 Å². The summed E-state index contributed by atoms with van der Waals surface area (Å²) in [6, 6.07) is 0.147. The Kier molecular flexibility index (Phi) is 4.70. The zero-order valence-electron chi connectivity index (χ0n) is 12.0. The van der Waals surface area contributed by atoms with E-state index in [2.05, 4.69) is 44.8 Å². The predicted molar refractivity (Wildman–Crippen MR) is 78.2 cm³/mol. The number of nitrogens with one attached hydrogen (secondary N) is 3. The van der Waals surface area contributed by atoms with Crippen LogP contribution in [0.15, 0.2) is 6.20 Å². The molecule has 8 nitrogen and oxygen atoms in total. The highest BCUT2D eigenvalue weighted by molar-refractivity contribution is 5.87. The van der Waals surface area contributed by atoms with Crippen LogP contribution in [0.3, 0.4) is 0 Å². The molecule has 0 aliphatic heterocycles. The molecule has 0 saturated carbocycles. The van der Waals surface area contributed by atoms with Gasteiger partial charge in [-0.1, -0.05) is 13.8 Å². The topological polar surface area (TPSA) is 114 Å². The van der Waals surface area contributed by atoms with Gasteiger partial charge in [0.2, 0.25) is 5.95 Å². The second-order valence-electron chi connectivity index (χ2n) is 4.83. The maximum absolute atomic E-state index is 5.51. The monoisotopic (exact) mass is 279 g/mol. The minimum absolute atomic E-state index is 0.147. The average Bonchev–Trinajstić information content (AvgIpc) is 2.91. The molecule has 0 aliphatic rings. The number of hydrogen-bond donors (Lipinski definition) is 4. The normalized spacial score (nSPS) is 12.8.